The lowest BCUT2D eigenvalue weighted by molar-refractivity contribution is -0.901. The first-order valence-electron chi connectivity index (χ1n) is 10.7. The Morgan fingerprint density at radius 1 is 1.00 bits per heavy atom. The number of benzene rings is 2. The maximum absolute atomic E-state index is 13.1. The average molecular weight is 413 g/mol. The largest absolute Gasteiger partial charge is 0.350 e. The lowest BCUT2D eigenvalue weighted by Crippen LogP contribution is -3.08. The minimum absolute atomic E-state index is 0.0845. The lowest BCUT2D eigenvalue weighted by atomic mass is 10.0. The molecule has 1 aliphatic heterocycles. The van der Waals surface area contributed by atoms with Crippen LogP contribution in [0, 0.1) is 11.7 Å². The third kappa shape index (κ3) is 5.89. The number of nitrogens with one attached hydrogen (secondary N) is 3. The van der Waals surface area contributed by atoms with Crippen molar-refractivity contribution in [1.82, 2.24) is 10.6 Å². The normalized spacial score (nSPS) is 15.2. The summed E-state index contributed by atoms with van der Waals surface area (Å²) < 4.78 is 13.1. The molecule has 3 rings (SSSR count). The molecule has 0 unspecified atom stereocenters. The van der Waals surface area contributed by atoms with Crippen LogP contribution in [-0.2, 0) is 17.9 Å². The highest BCUT2D eigenvalue weighted by Crippen LogP contribution is 2.10. The average Bonchev–Trinajstić information content (AvgIpc) is 3.24. The van der Waals surface area contributed by atoms with E-state index in [9.17, 15) is 14.0 Å². The Kier molecular flexibility index (Phi) is 7.57. The molecule has 1 fully saturated rings. The molecule has 6 heteroatoms. The van der Waals surface area contributed by atoms with Gasteiger partial charge in [0, 0.05) is 30.5 Å². The summed E-state index contributed by atoms with van der Waals surface area (Å²) >= 11 is 0. The summed E-state index contributed by atoms with van der Waals surface area (Å²) in [5.41, 5.74) is 2.69. The second-order valence-corrected chi connectivity index (χ2v) is 8.32. The Morgan fingerprint density at radius 3 is 2.27 bits per heavy atom. The molecule has 2 aromatic carbocycles. The van der Waals surface area contributed by atoms with Crippen LogP contribution in [0.1, 0.15) is 48.2 Å². The van der Waals surface area contributed by atoms with Crippen LogP contribution in [-0.4, -0.2) is 30.9 Å². The van der Waals surface area contributed by atoms with Gasteiger partial charge in [0.2, 0.25) is 5.91 Å². The van der Waals surface area contributed by atoms with E-state index in [4.69, 9.17) is 0 Å². The first kappa shape index (κ1) is 22.0. The van der Waals surface area contributed by atoms with Gasteiger partial charge in [-0.15, -0.1) is 0 Å². The van der Waals surface area contributed by atoms with E-state index in [1.54, 1.807) is 4.90 Å². The minimum atomic E-state index is -0.668. The molecule has 2 amide bonds. The fourth-order valence-corrected chi connectivity index (χ4v) is 3.88. The SMILES string of the molecule is CC(C)[C@H](NC(=O)c1ccc(F)cc1)C(=O)NCc1ccccc1C[NH+]1CCCC1. The Balaban J connectivity index is 1.61. The van der Waals surface area contributed by atoms with E-state index in [1.807, 2.05) is 32.0 Å². The molecule has 1 saturated heterocycles. The van der Waals surface area contributed by atoms with Crippen molar-refractivity contribution in [2.24, 2.45) is 5.92 Å². The summed E-state index contributed by atoms with van der Waals surface area (Å²) in [5.74, 6) is -1.09. The molecular formula is C24H31FN3O2+. The monoisotopic (exact) mass is 412 g/mol. The number of rotatable bonds is 8. The lowest BCUT2D eigenvalue weighted by Gasteiger charge is -2.22. The molecule has 0 bridgehead atoms. The van der Waals surface area contributed by atoms with Crippen LogP contribution in [0.25, 0.3) is 0 Å². The van der Waals surface area contributed by atoms with Crippen LogP contribution in [0.2, 0.25) is 0 Å². The van der Waals surface area contributed by atoms with Crippen LogP contribution in [0.3, 0.4) is 0 Å². The molecule has 3 N–H and O–H groups in total. The second-order valence-electron chi connectivity index (χ2n) is 8.32. The summed E-state index contributed by atoms with van der Waals surface area (Å²) in [6, 6.07) is 12.8. The summed E-state index contributed by atoms with van der Waals surface area (Å²) in [7, 11) is 0. The van der Waals surface area contributed by atoms with Crippen molar-refractivity contribution in [3.05, 3.63) is 71.0 Å². The van der Waals surface area contributed by atoms with Crippen molar-refractivity contribution in [3.63, 3.8) is 0 Å². The van der Waals surface area contributed by atoms with Gasteiger partial charge in [0.1, 0.15) is 18.4 Å². The van der Waals surface area contributed by atoms with E-state index in [-0.39, 0.29) is 17.7 Å². The number of carbonyl (C=O) groups excluding carboxylic acids is 2. The highest BCUT2D eigenvalue weighted by molar-refractivity contribution is 5.97. The third-order valence-corrected chi connectivity index (χ3v) is 5.66. The van der Waals surface area contributed by atoms with Crippen molar-refractivity contribution in [2.75, 3.05) is 13.1 Å². The Hall–Kier alpha value is -2.73. The Bertz CT molecular complexity index is 861. The summed E-state index contributed by atoms with van der Waals surface area (Å²) in [6.07, 6.45) is 2.55. The van der Waals surface area contributed by atoms with Gasteiger partial charge < -0.3 is 15.5 Å². The second kappa shape index (κ2) is 10.3. The highest BCUT2D eigenvalue weighted by atomic mass is 19.1. The molecule has 5 nitrogen and oxygen atoms in total. The van der Waals surface area contributed by atoms with Crippen molar-refractivity contribution in [3.8, 4) is 0 Å². The third-order valence-electron chi connectivity index (χ3n) is 5.66. The molecule has 2 aromatic rings. The molecule has 0 spiro atoms. The van der Waals surface area contributed by atoms with Crippen LogP contribution in [0.5, 0.6) is 0 Å². The van der Waals surface area contributed by atoms with Gasteiger partial charge in [-0.25, -0.2) is 4.39 Å². The molecule has 30 heavy (non-hydrogen) atoms. The van der Waals surface area contributed by atoms with Crippen molar-refractivity contribution in [1.29, 1.82) is 0 Å². The molecule has 1 heterocycles. The van der Waals surface area contributed by atoms with Gasteiger partial charge >= 0.3 is 0 Å². The quantitative estimate of drug-likeness (QED) is 0.622. The maximum Gasteiger partial charge on any atom is 0.251 e. The van der Waals surface area contributed by atoms with Gasteiger partial charge in [-0.05, 0) is 35.7 Å². The zero-order chi connectivity index (χ0) is 21.5. The van der Waals surface area contributed by atoms with Gasteiger partial charge in [0.15, 0.2) is 0 Å². The predicted molar refractivity (Wildman–Crippen MR) is 114 cm³/mol. The smallest absolute Gasteiger partial charge is 0.251 e. The topological polar surface area (TPSA) is 62.6 Å². The molecule has 1 atom stereocenters. The minimum Gasteiger partial charge on any atom is -0.350 e. The summed E-state index contributed by atoms with van der Waals surface area (Å²) in [6.45, 7) is 7.58. The molecule has 0 aliphatic carbocycles. The number of amides is 2. The van der Waals surface area contributed by atoms with Crippen molar-refractivity contribution < 1.29 is 18.9 Å². The zero-order valence-electron chi connectivity index (χ0n) is 17.7. The molecule has 0 saturated carbocycles. The van der Waals surface area contributed by atoms with E-state index in [0.29, 0.717) is 12.1 Å². The van der Waals surface area contributed by atoms with E-state index in [1.165, 1.54) is 55.8 Å². The van der Waals surface area contributed by atoms with Crippen LogP contribution >= 0.6 is 0 Å². The molecule has 160 valence electrons. The van der Waals surface area contributed by atoms with Gasteiger partial charge in [-0.1, -0.05) is 38.1 Å². The standard InChI is InChI=1S/C24H30FN3O2/c1-17(2)22(27-23(29)18-9-11-21(25)12-10-18)24(30)26-15-19-7-3-4-8-20(19)16-28-13-5-6-14-28/h3-4,7-12,17,22H,5-6,13-16H2,1-2H3,(H,26,30)(H,27,29)/p+1/t22-/m0/s1. The van der Waals surface area contributed by atoms with Gasteiger partial charge in [-0.2, -0.15) is 0 Å². The van der Waals surface area contributed by atoms with Crippen LogP contribution in [0.15, 0.2) is 48.5 Å². The molecular weight excluding hydrogens is 381 g/mol. The van der Waals surface area contributed by atoms with Gasteiger partial charge in [-0.3, -0.25) is 9.59 Å². The van der Waals surface area contributed by atoms with Crippen molar-refractivity contribution in [2.45, 2.75) is 45.8 Å². The van der Waals surface area contributed by atoms with E-state index < -0.39 is 11.9 Å². The predicted octanol–water partition coefficient (Wildman–Crippen LogP) is 2.08. The number of hydrogen-bond donors (Lipinski definition) is 3. The number of quaternary nitrogens is 1. The fraction of sp³-hybridized carbons (Fsp3) is 0.417. The van der Waals surface area contributed by atoms with Crippen LogP contribution < -0.4 is 15.5 Å². The van der Waals surface area contributed by atoms with E-state index >= 15 is 0 Å². The number of hydrogen-bond acceptors (Lipinski definition) is 2. The Labute approximate surface area is 177 Å². The number of carbonyl (C=O) groups is 2. The number of likely N-dealkylation sites (tertiary alicyclic amines) is 1. The fourth-order valence-electron chi connectivity index (χ4n) is 3.88. The summed E-state index contributed by atoms with van der Waals surface area (Å²) in [4.78, 5) is 26.9. The van der Waals surface area contributed by atoms with Gasteiger partial charge in [0.05, 0.1) is 13.1 Å². The van der Waals surface area contributed by atoms with E-state index in [2.05, 4.69) is 16.7 Å². The maximum atomic E-state index is 13.1. The number of halogens is 1. The first-order valence-corrected chi connectivity index (χ1v) is 10.7. The highest BCUT2D eigenvalue weighted by Gasteiger charge is 2.25. The Morgan fingerprint density at radius 2 is 1.63 bits per heavy atom. The van der Waals surface area contributed by atoms with Crippen LogP contribution in [0.4, 0.5) is 4.39 Å². The molecule has 0 aromatic heterocycles. The van der Waals surface area contributed by atoms with E-state index in [0.717, 1.165) is 12.1 Å². The van der Waals surface area contributed by atoms with Gasteiger partial charge in [0.25, 0.3) is 5.91 Å². The first-order chi connectivity index (χ1) is 14.4. The molecule has 0 radical (unpaired) electrons. The zero-order valence-corrected chi connectivity index (χ0v) is 17.7. The van der Waals surface area contributed by atoms with Crippen molar-refractivity contribution >= 4 is 11.8 Å². The molecule has 1 aliphatic rings. The summed E-state index contributed by atoms with van der Waals surface area (Å²) in [5, 5.41) is 5.77.